The summed E-state index contributed by atoms with van der Waals surface area (Å²) in [6.45, 7) is 4.49. The van der Waals surface area contributed by atoms with Crippen molar-refractivity contribution in [2.24, 2.45) is 0 Å². The van der Waals surface area contributed by atoms with Gasteiger partial charge in [0.15, 0.2) is 5.16 Å². The summed E-state index contributed by atoms with van der Waals surface area (Å²) in [6, 6.07) is 6.75. The van der Waals surface area contributed by atoms with Crippen LogP contribution in [0.2, 0.25) is 0 Å². The Bertz CT molecular complexity index is 712. The molecule has 1 aromatic heterocycles. The largest absolute Gasteiger partial charge is 0.478 e. The van der Waals surface area contributed by atoms with Crippen LogP contribution in [0.1, 0.15) is 35.8 Å². The van der Waals surface area contributed by atoms with Gasteiger partial charge in [-0.2, -0.15) is 0 Å². The van der Waals surface area contributed by atoms with E-state index in [9.17, 15) is 9.59 Å². The van der Waals surface area contributed by atoms with Crippen LogP contribution in [0.4, 0.5) is 0 Å². The van der Waals surface area contributed by atoms with E-state index in [-0.39, 0.29) is 23.3 Å². The Morgan fingerprint density at radius 1 is 1.29 bits per heavy atom. The van der Waals surface area contributed by atoms with Crippen LogP contribution in [0.15, 0.2) is 35.7 Å². The predicted molar refractivity (Wildman–Crippen MR) is 91.0 cm³/mol. The number of rotatable bonds is 7. The molecule has 8 heteroatoms. The van der Waals surface area contributed by atoms with E-state index in [4.69, 9.17) is 5.11 Å². The fourth-order valence-corrected chi connectivity index (χ4v) is 3.03. The van der Waals surface area contributed by atoms with Crippen LogP contribution < -0.4 is 0 Å². The summed E-state index contributed by atoms with van der Waals surface area (Å²) >= 11 is 1.36. The van der Waals surface area contributed by atoms with E-state index < -0.39 is 5.97 Å². The summed E-state index contributed by atoms with van der Waals surface area (Å²) in [5, 5.41) is 17.5. The molecule has 0 unspecified atom stereocenters. The van der Waals surface area contributed by atoms with E-state index in [0.717, 1.165) is 10.7 Å². The third-order valence-corrected chi connectivity index (χ3v) is 4.41. The minimum atomic E-state index is -0.961. The normalized spacial score (nSPS) is 10.8. The quantitative estimate of drug-likeness (QED) is 0.773. The zero-order valence-electron chi connectivity index (χ0n) is 13.8. The molecule has 0 spiro atoms. The molecule has 1 amide bonds. The molecule has 1 aromatic carbocycles. The van der Waals surface area contributed by atoms with E-state index in [1.54, 1.807) is 30.4 Å². The van der Waals surface area contributed by atoms with Gasteiger partial charge in [-0.25, -0.2) is 4.79 Å². The summed E-state index contributed by atoms with van der Waals surface area (Å²) in [7, 11) is 1.72. The molecule has 1 N–H and O–H groups in total. The molecule has 0 atom stereocenters. The molecule has 0 saturated carbocycles. The van der Waals surface area contributed by atoms with Crippen LogP contribution in [0.5, 0.6) is 0 Å². The Kier molecular flexibility index (Phi) is 5.97. The molecular weight excluding hydrogens is 328 g/mol. The van der Waals surface area contributed by atoms with Gasteiger partial charge in [-0.1, -0.05) is 23.9 Å². The van der Waals surface area contributed by atoms with Crippen LogP contribution in [0, 0.1) is 0 Å². The topological polar surface area (TPSA) is 88.3 Å². The number of carbonyl (C=O) groups excluding carboxylic acids is 1. The lowest BCUT2D eigenvalue weighted by Crippen LogP contribution is -2.28. The fraction of sp³-hybridized carbons (Fsp3) is 0.375. The standard InChI is InChI=1S/C16H20N4O3S/c1-11(2)20-10-17-18-16(20)24-9-14(21)19(3)8-12-4-6-13(7-5-12)15(22)23/h4-7,10-11H,8-9H2,1-3H3,(H,22,23). The van der Waals surface area contributed by atoms with Crippen LogP contribution >= 0.6 is 11.8 Å². The number of amides is 1. The number of carboxylic acid groups (broad SMARTS) is 1. The van der Waals surface area contributed by atoms with Crippen molar-refractivity contribution in [1.29, 1.82) is 0 Å². The second-order valence-corrected chi connectivity index (χ2v) is 6.60. The molecule has 0 aliphatic rings. The Balaban J connectivity index is 1.90. The highest BCUT2D eigenvalue weighted by atomic mass is 32.2. The maximum atomic E-state index is 12.3. The van der Waals surface area contributed by atoms with Gasteiger partial charge < -0.3 is 14.6 Å². The van der Waals surface area contributed by atoms with Gasteiger partial charge in [-0.15, -0.1) is 10.2 Å². The molecular formula is C16H20N4O3S. The minimum Gasteiger partial charge on any atom is -0.478 e. The smallest absolute Gasteiger partial charge is 0.335 e. The average molecular weight is 348 g/mol. The van der Waals surface area contributed by atoms with Crippen molar-refractivity contribution < 1.29 is 14.7 Å². The molecule has 0 bridgehead atoms. The molecule has 0 fully saturated rings. The molecule has 7 nitrogen and oxygen atoms in total. The molecule has 0 aliphatic carbocycles. The van der Waals surface area contributed by atoms with Gasteiger partial charge in [-0.3, -0.25) is 4.79 Å². The summed E-state index contributed by atoms with van der Waals surface area (Å²) in [5.74, 6) is -0.716. The van der Waals surface area contributed by atoms with Gasteiger partial charge in [0.05, 0.1) is 11.3 Å². The first kappa shape index (κ1) is 18.0. The first-order valence-electron chi connectivity index (χ1n) is 7.47. The SMILES string of the molecule is CC(C)n1cnnc1SCC(=O)N(C)Cc1ccc(C(=O)O)cc1. The maximum Gasteiger partial charge on any atom is 0.335 e. The minimum absolute atomic E-state index is 0.0272. The Morgan fingerprint density at radius 3 is 2.54 bits per heavy atom. The van der Waals surface area contributed by atoms with Crippen LogP contribution in [-0.4, -0.2) is 49.4 Å². The number of aromatic nitrogens is 3. The zero-order valence-corrected chi connectivity index (χ0v) is 14.7. The maximum absolute atomic E-state index is 12.3. The molecule has 128 valence electrons. The monoisotopic (exact) mass is 348 g/mol. The Labute approximate surface area is 144 Å². The van der Waals surface area contributed by atoms with Crippen molar-refractivity contribution in [3.63, 3.8) is 0 Å². The zero-order chi connectivity index (χ0) is 17.7. The fourth-order valence-electron chi connectivity index (χ4n) is 2.04. The van der Waals surface area contributed by atoms with Crippen LogP contribution in [0.25, 0.3) is 0 Å². The average Bonchev–Trinajstić information content (AvgIpc) is 3.01. The number of thioether (sulfide) groups is 1. The van der Waals surface area contributed by atoms with Gasteiger partial charge in [0.2, 0.25) is 5.91 Å². The Morgan fingerprint density at radius 2 is 1.96 bits per heavy atom. The number of hydrogen-bond donors (Lipinski definition) is 1. The summed E-state index contributed by atoms with van der Waals surface area (Å²) in [4.78, 5) is 24.7. The lowest BCUT2D eigenvalue weighted by molar-refractivity contribution is -0.127. The van der Waals surface area contributed by atoms with Crippen molar-refractivity contribution in [3.8, 4) is 0 Å². The van der Waals surface area contributed by atoms with Gasteiger partial charge in [0.25, 0.3) is 0 Å². The third-order valence-electron chi connectivity index (χ3n) is 3.47. The third kappa shape index (κ3) is 4.58. The number of aromatic carboxylic acids is 1. The highest BCUT2D eigenvalue weighted by Gasteiger charge is 2.14. The van der Waals surface area contributed by atoms with Crippen LogP contribution in [0.3, 0.4) is 0 Å². The molecule has 1 heterocycles. The van der Waals surface area contributed by atoms with Gasteiger partial charge in [0, 0.05) is 19.6 Å². The highest BCUT2D eigenvalue weighted by Crippen LogP contribution is 2.19. The van der Waals surface area contributed by atoms with E-state index in [2.05, 4.69) is 10.2 Å². The van der Waals surface area contributed by atoms with Crippen molar-refractivity contribution in [2.75, 3.05) is 12.8 Å². The van der Waals surface area contributed by atoms with Crippen LogP contribution in [-0.2, 0) is 11.3 Å². The number of nitrogens with zero attached hydrogens (tertiary/aromatic N) is 4. The predicted octanol–water partition coefficient (Wildman–Crippen LogP) is 2.31. The van der Waals surface area contributed by atoms with E-state index in [1.807, 2.05) is 18.4 Å². The molecule has 0 radical (unpaired) electrons. The number of carbonyl (C=O) groups is 2. The Hall–Kier alpha value is -2.35. The highest BCUT2D eigenvalue weighted by molar-refractivity contribution is 7.99. The van der Waals surface area contributed by atoms with Gasteiger partial charge in [0.1, 0.15) is 6.33 Å². The summed E-state index contributed by atoms with van der Waals surface area (Å²) in [5.41, 5.74) is 1.11. The second kappa shape index (κ2) is 7.96. The van der Waals surface area contributed by atoms with Crippen molar-refractivity contribution in [1.82, 2.24) is 19.7 Å². The van der Waals surface area contributed by atoms with Crippen molar-refractivity contribution in [2.45, 2.75) is 31.6 Å². The number of benzene rings is 1. The van der Waals surface area contributed by atoms with Crippen molar-refractivity contribution in [3.05, 3.63) is 41.7 Å². The first-order chi connectivity index (χ1) is 11.4. The van der Waals surface area contributed by atoms with Crippen molar-refractivity contribution >= 4 is 23.6 Å². The van der Waals surface area contributed by atoms with Gasteiger partial charge in [-0.05, 0) is 31.5 Å². The molecule has 0 saturated heterocycles. The first-order valence-corrected chi connectivity index (χ1v) is 8.45. The molecule has 0 aliphatic heterocycles. The lowest BCUT2D eigenvalue weighted by Gasteiger charge is -2.17. The lowest BCUT2D eigenvalue weighted by atomic mass is 10.1. The van der Waals surface area contributed by atoms with E-state index >= 15 is 0 Å². The summed E-state index contributed by atoms with van der Waals surface area (Å²) in [6.07, 6.45) is 1.66. The van der Waals surface area contributed by atoms with E-state index in [1.165, 1.54) is 23.9 Å². The molecule has 24 heavy (non-hydrogen) atoms. The van der Waals surface area contributed by atoms with Gasteiger partial charge >= 0.3 is 5.97 Å². The summed E-state index contributed by atoms with van der Waals surface area (Å²) < 4.78 is 1.92. The second-order valence-electron chi connectivity index (χ2n) is 5.66. The number of carboxylic acids is 1. The van der Waals surface area contributed by atoms with E-state index in [0.29, 0.717) is 6.54 Å². The number of hydrogen-bond acceptors (Lipinski definition) is 5. The molecule has 2 aromatic rings. The molecule has 2 rings (SSSR count).